The third-order valence-electron chi connectivity index (χ3n) is 2.76. The molecule has 1 atom stereocenters. The Labute approximate surface area is 86.2 Å². The lowest BCUT2D eigenvalue weighted by molar-refractivity contribution is -0.143. The summed E-state index contributed by atoms with van der Waals surface area (Å²) in [4.78, 5) is 11.1. The molecule has 3 nitrogen and oxygen atoms in total. The van der Waals surface area contributed by atoms with E-state index >= 15 is 0 Å². The second-order valence-electron chi connectivity index (χ2n) is 4.60. The largest absolute Gasteiger partial charge is 0.466 e. The summed E-state index contributed by atoms with van der Waals surface area (Å²) in [6, 6.07) is 0.228. The molecular formula is C11H21NO2. The average molecular weight is 199 g/mol. The van der Waals surface area contributed by atoms with Gasteiger partial charge in [0.1, 0.15) is 0 Å². The van der Waals surface area contributed by atoms with E-state index in [0.717, 1.165) is 6.54 Å². The van der Waals surface area contributed by atoms with Crippen molar-refractivity contribution in [3.8, 4) is 0 Å². The molecule has 1 saturated carbocycles. The quantitative estimate of drug-likeness (QED) is 0.662. The monoisotopic (exact) mass is 199 g/mol. The number of nitrogens with one attached hydrogen (secondary N) is 1. The zero-order valence-corrected chi connectivity index (χ0v) is 9.43. The van der Waals surface area contributed by atoms with E-state index in [1.165, 1.54) is 12.8 Å². The van der Waals surface area contributed by atoms with Crippen molar-refractivity contribution in [1.29, 1.82) is 0 Å². The van der Waals surface area contributed by atoms with Crippen molar-refractivity contribution < 1.29 is 9.53 Å². The first-order valence-electron chi connectivity index (χ1n) is 5.45. The molecule has 0 amide bonds. The molecule has 0 saturated heterocycles. The SMILES string of the molecule is CCOC(=O)CC(C)NCC1(C)CC1. The molecule has 1 rings (SSSR count). The summed E-state index contributed by atoms with van der Waals surface area (Å²) < 4.78 is 4.88. The Bertz CT molecular complexity index is 199. The zero-order chi connectivity index (χ0) is 10.6. The van der Waals surface area contributed by atoms with E-state index in [9.17, 15) is 4.79 Å². The summed E-state index contributed by atoms with van der Waals surface area (Å²) in [5.74, 6) is -0.103. The van der Waals surface area contributed by atoms with Crippen LogP contribution >= 0.6 is 0 Å². The van der Waals surface area contributed by atoms with E-state index in [1.807, 2.05) is 13.8 Å². The summed E-state index contributed by atoms with van der Waals surface area (Å²) >= 11 is 0. The summed E-state index contributed by atoms with van der Waals surface area (Å²) in [6.45, 7) is 7.64. The van der Waals surface area contributed by atoms with Gasteiger partial charge in [-0.1, -0.05) is 6.92 Å². The van der Waals surface area contributed by atoms with E-state index in [0.29, 0.717) is 18.4 Å². The van der Waals surface area contributed by atoms with Gasteiger partial charge in [0.25, 0.3) is 0 Å². The fourth-order valence-electron chi connectivity index (χ4n) is 1.35. The van der Waals surface area contributed by atoms with Crippen LogP contribution in [0.5, 0.6) is 0 Å². The van der Waals surface area contributed by atoms with Crippen molar-refractivity contribution in [2.45, 2.75) is 46.1 Å². The first-order valence-corrected chi connectivity index (χ1v) is 5.45. The highest BCUT2D eigenvalue weighted by Gasteiger charge is 2.36. The topological polar surface area (TPSA) is 38.3 Å². The van der Waals surface area contributed by atoms with Crippen LogP contribution in [0.15, 0.2) is 0 Å². The van der Waals surface area contributed by atoms with E-state index < -0.39 is 0 Å². The van der Waals surface area contributed by atoms with Gasteiger partial charge >= 0.3 is 5.97 Å². The molecule has 0 aromatic carbocycles. The Morgan fingerprint density at radius 1 is 1.57 bits per heavy atom. The molecule has 0 spiro atoms. The molecule has 0 heterocycles. The van der Waals surface area contributed by atoms with Gasteiger partial charge in [0.15, 0.2) is 0 Å². The van der Waals surface area contributed by atoms with Crippen molar-refractivity contribution in [3.05, 3.63) is 0 Å². The molecule has 1 aliphatic rings. The number of esters is 1. The molecule has 1 fully saturated rings. The Kier molecular flexibility index (Phi) is 3.93. The predicted octanol–water partition coefficient (Wildman–Crippen LogP) is 1.72. The lowest BCUT2D eigenvalue weighted by Crippen LogP contribution is -2.33. The number of hydrogen-bond donors (Lipinski definition) is 1. The lowest BCUT2D eigenvalue weighted by Gasteiger charge is -2.16. The number of carbonyl (C=O) groups is 1. The van der Waals surface area contributed by atoms with Crippen LogP contribution in [0.25, 0.3) is 0 Å². The van der Waals surface area contributed by atoms with E-state index in [2.05, 4.69) is 12.2 Å². The maximum Gasteiger partial charge on any atom is 0.307 e. The molecule has 82 valence electrons. The Morgan fingerprint density at radius 3 is 2.71 bits per heavy atom. The lowest BCUT2D eigenvalue weighted by atomic mass is 10.1. The van der Waals surface area contributed by atoms with Crippen LogP contribution in [0.4, 0.5) is 0 Å². The average Bonchev–Trinajstić information content (AvgIpc) is 2.82. The van der Waals surface area contributed by atoms with Gasteiger partial charge in [-0.2, -0.15) is 0 Å². The minimum Gasteiger partial charge on any atom is -0.466 e. The summed E-state index contributed by atoms with van der Waals surface area (Å²) in [7, 11) is 0. The van der Waals surface area contributed by atoms with Crippen LogP contribution in [-0.4, -0.2) is 25.2 Å². The van der Waals surface area contributed by atoms with Gasteiger partial charge in [0, 0.05) is 12.6 Å². The summed E-state index contributed by atoms with van der Waals surface area (Å²) in [5, 5.41) is 3.37. The van der Waals surface area contributed by atoms with E-state index in [4.69, 9.17) is 4.74 Å². The minimum absolute atomic E-state index is 0.103. The van der Waals surface area contributed by atoms with Crippen LogP contribution in [0.1, 0.15) is 40.0 Å². The Hall–Kier alpha value is -0.570. The minimum atomic E-state index is -0.103. The van der Waals surface area contributed by atoms with Crippen LogP contribution < -0.4 is 5.32 Å². The van der Waals surface area contributed by atoms with Crippen molar-refractivity contribution >= 4 is 5.97 Å². The molecule has 0 aliphatic heterocycles. The fraction of sp³-hybridized carbons (Fsp3) is 0.909. The second-order valence-corrected chi connectivity index (χ2v) is 4.60. The highest BCUT2D eigenvalue weighted by molar-refractivity contribution is 5.69. The van der Waals surface area contributed by atoms with Crippen LogP contribution in [0.3, 0.4) is 0 Å². The first-order chi connectivity index (χ1) is 6.56. The highest BCUT2D eigenvalue weighted by Crippen LogP contribution is 2.44. The Balaban J connectivity index is 2.09. The van der Waals surface area contributed by atoms with Gasteiger partial charge in [-0.05, 0) is 32.1 Å². The van der Waals surface area contributed by atoms with E-state index in [-0.39, 0.29) is 12.0 Å². The van der Waals surface area contributed by atoms with E-state index in [1.54, 1.807) is 0 Å². The molecule has 3 heteroatoms. The first kappa shape index (κ1) is 11.5. The standard InChI is InChI=1S/C11H21NO2/c1-4-14-10(13)7-9(2)12-8-11(3)5-6-11/h9,12H,4-8H2,1-3H3. The molecule has 1 aliphatic carbocycles. The maximum absolute atomic E-state index is 11.1. The summed E-state index contributed by atoms with van der Waals surface area (Å²) in [6.07, 6.45) is 3.10. The number of rotatable bonds is 6. The Morgan fingerprint density at radius 2 is 2.21 bits per heavy atom. The van der Waals surface area contributed by atoms with Crippen molar-refractivity contribution in [1.82, 2.24) is 5.32 Å². The summed E-state index contributed by atoms with van der Waals surface area (Å²) in [5.41, 5.74) is 0.503. The predicted molar refractivity (Wildman–Crippen MR) is 56.1 cm³/mol. The third kappa shape index (κ3) is 4.09. The van der Waals surface area contributed by atoms with Crippen molar-refractivity contribution in [2.75, 3.05) is 13.2 Å². The van der Waals surface area contributed by atoms with Crippen LogP contribution in [-0.2, 0) is 9.53 Å². The molecule has 0 aromatic rings. The molecular weight excluding hydrogens is 178 g/mol. The normalized spacial score (nSPS) is 20.2. The molecule has 0 bridgehead atoms. The highest BCUT2D eigenvalue weighted by atomic mass is 16.5. The second kappa shape index (κ2) is 4.78. The van der Waals surface area contributed by atoms with Gasteiger partial charge < -0.3 is 10.1 Å². The molecule has 0 radical (unpaired) electrons. The zero-order valence-electron chi connectivity index (χ0n) is 9.43. The van der Waals surface area contributed by atoms with Gasteiger partial charge in [-0.15, -0.1) is 0 Å². The van der Waals surface area contributed by atoms with Gasteiger partial charge in [0.2, 0.25) is 0 Å². The van der Waals surface area contributed by atoms with Crippen LogP contribution in [0.2, 0.25) is 0 Å². The number of carbonyl (C=O) groups excluding carboxylic acids is 1. The number of hydrogen-bond acceptors (Lipinski definition) is 3. The fourth-order valence-corrected chi connectivity index (χ4v) is 1.35. The molecule has 1 unspecified atom stereocenters. The van der Waals surface area contributed by atoms with Gasteiger partial charge in [-0.3, -0.25) is 4.79 Å². The van der Waals surface area contributed by atoms with Crippen molar-refractivity contribution in [3.63, 3.8) is 0 Å². The van der Waals surface area contributed by atoms with Gasteiger partial charge in [0.05, 0.1) is 13.0 Å². The van der Waals surface area contributed by atoms with Crippen LogP contribution in [0, 0.1) is 5.41 Å². The maximum atomic E-state index is 11.1. The van der Waals surface area contributed by atoms with Crippen molar-refractivity contribution in [2.24, 2.45) is 5.41 Å². The molecule has 0 aromatic heterocycles. The number of ether oxygens (including phenoxy) is 1. The van der Waals surface area contributed by atoms with Gasteiger partial charge in [-0.25, -0.2) is 0 Å². The molecule has 14 heavy (non-hydrogen) atoms. The third-order valence-corrected chi connectivity index (χ3v) is 2.76. The smallest absolute Gasteiger partial charge is 0.307 e. The molecule has 1 N–H and O–H groups in total.